The van der Waals surface area contributed by atoms with Gasteiger partial charge in [-0.3, -0.25) is 10.1 Å². The van der Waals surface area contributed by atoms with Crippen molar-refractivity contribution in [2.24, 2.45) is 0 Å². The van der Waals surface area contributed by atoms with E-state index in [0.29, 0.717) is 28.4 Å². The third kappa shape index (κ3) is 3.56. The lowest BCUT2D eigenvalue weighted by atomic mass is 9.84. The molecule has 10 nitrogen and oxygen atoms in total. The monoisotopic (exact) mass is 386 g/mol. The summed E-state index contributed by atoms with van der Waals surface area (Å²) in [5, 5.41) is 18.2. The number of allylic oxidation sites excluding steroid dienone is 3. The van der Waals surface area contributed by atoms with Crippen LogP contribution in [0.3, 0.4) is 0 Å². The predicted molar refractivity (Wildman–Crippen MR) is 96.8 cm³/mol. The minimum atomic E-state index is -0.910. The first-order valence-electron chi connectivity index (χ1n) is 8.31. The summed E-state index contributed by atoms with van der Waals surface area (Å²) in [5.41, 5.74) is 2.23. The Morgan fingerprint density at radius 3 is 2.64 bits per heavy atom. The van der Waals surface area contributed by atoms with E-state index in [1.165, 1.54) is 19.2 Å². The van der Waals surface area contributed by atoms with E-state index < -0.39 is 17.0 Å². The molecule has 0 saturated carbocycles. The predicted octanol–water partition coefficient (Wildman–Crippen LogP) is 3.42. The van der Waals surface area contributed by atoms with E-state index in [1.54, 1.807) is 32.9 Å². The van der Waals surface area contributed by atoms with Crippen LogP contribution in [0.25, 0.3) is 5.57 Å². The fraction of sp³-hybridized carbons (Fsp3) is 0.278. The van der Waals surface area contributed by atoms with Gasteiger partial charge in [-0.2, -0.15) is 4.98 Å². The highest BCUT2D eigenvalue weighted by Crippen LogP contribution is 2.43. The Morgan fingerprint density at radius 2 is 2.04 bits per heavy atom. The number of carbonyl (C=O) groups is 1. The molecule has 146 valence electrons. The van der Waals surface area contributed by atoms with Crippen LogP contribution in [0.4, 0.5) is 10.5 Å². The number of ether oxygens (including phenoxy) is 2. The number of aryl methyl sites for hydroxylation is 1. The van der Waals surface area contributed by atoms with Crippen LogP contribution in [-0.4, -0.2) is 28.3 Å². The van der Waals surface area contributed by atoms with E-state index in [0.717, 1.165) is 0 Å². The van der Waals surface area contributed by atoms with Gasteiger partial charge in [0.15, 0.2) is 5.82 Å². The first kappa shape index (κ1) is 19.1. The van der Waals surface area contributed by atoms with E-state index in [1.807, 2.05) is 0 Å². The zero-order chi connectivity index (χ0) is 20.4. The Bertz CT molecular complexity index is 1010. The Kier molecular flexibility index (Phi) is 5.12. The van der Waals surface area contributed by atoms with Crippen molar-refractivity contribution < 1.29 is 23.7 Å². The fourth-order valence-electron chi connectivity index (χ4n) is 3.07. The Balaban J connectivity index is 2.20. The molecule has 0 amide bonds. The van der Waals surface area contributed by atoms with Crippen molar-refractivity contribution in [3.63, 3.8) is 0 Å². The summed E-state index contributed by atoms with van der Waals surface area (Å²) in [6.07, 6.45) is -0.910. The molecule has 0 radical (unpaired) electrons. The number of hydrogen-bond acceptors (Lipinski definition) is 9. The Morgan fingerprint density at radius 1 is 1.29 bits per heavy atom. The van der Waals surface area contributed by atoms with E-state index >= 15 is 0 Å². The number of nitro groups is 1. The van der Waals surface area contributed by atoms with Gasteiger partial charge in [0, 0.05) is 17.8 Å². The molecule has 1 aromatic heterocycles. The molecule has 28 heavy (non-hydrogen) atoms. The first-order chi connectivity index (χ1) is 13.3. The number of rotatable bonds is 4. The quantitative estimate of drug-likeness (QED) is 0.477. The van der Waals surface area contributed by atoms with Gasteiger partial charge in [0.05, 0.1) is 29.2 Å². The molecule has 1 N–H and O–H groups in total. The molecule has 1 atom stereocenters. The zero-order valence-corrected chi connectivity index (χ0v) is 15.7. The third-order valence-corrected chi connectivity index (χ3v) is 4.23. The molecule has 3 rings (SSSR count). The molecule has 1 aliphatic heterocycles. The van der Waals surface area contributed by atoms with Crippen molar-refractivity contribution in [3.05, 3.63) is 68.8 Å². The van der Waals surface area contributed by atoms with Crippen LogP contribution in [0.5, 0.6) is 0 Å². The average molecular weight is 386 g/mol. The summed E-state index contributed by atoms with van der Waals surface area (Å²) in [6, 6.07) is 6.06. The molecular weight excluding hydrogens is 368 g/mol. The summed E-state index contributed by atoms with van der Waals surface area (Å²) in [4.78, 5) is 26.9. The molecule has 1 aromatic carbocycles. The van der Waals surface area contributed by atoms with E-state index in [4.69, 9.17) is 9.26 Å². The second kappa shape index (κ2) is 7.51. The summed E-state index contributed by atoms with van der Waals surface area (Å²) in [5.74, 6) is 0.177. The number of aromatic nitrogens is 2. The second-order valence-corrected chi connectivity index (χ2v) is 6.14. The van der Waals surface area contributed by atoms with Crippen molar-refractivity contribution in [2.75, 3.05) is 7.11 Å². The number of dihydropyridines is 1. The van der Waals surface area contributed by atoms with Crippen LogP contribution >= 0.6 is 0 Å². The molecule has 1 aliphatic rings. The summed E-state index contributed by atoms with van der Waals surface area (Å²) in [7, 11) is 1.19. The molecule has 10 heteroatoms. The lowest BCUT2D eigenvalue weighted by Crippen LogP contribution is -2.26. The number of non-ortho nitro benzene ring substituents is 1. The Hall–Kier alpha value is -3.69. The largest absolute Gasteiger partial charge is 0.513 e. The number of methoxy groups -OCH3 is 1. The van der Waals surface area contributed by atoms with Crippen LogP contribution in [0.2, 0.25) is 0 Å². The standard InChI is InChI=1S/C18H18N4O6/c1-9-14(17-20-11(3)21-28-17)15(12-6-5-7-13(8-12)22(24)25)16(10(2)19-9)27-18(23)26-4/h5-8,15,19H,1-4H3. The van der Waals surface area contributed by atoms with Crippen LogP contribution in [0.15, 0.2) is 45.9 Å². The van der Waals surface area contributed by atoms with Crippen LogP contribution < -0.4 is 5.32 Å². The molecule has 0 fully saturated rings. The number of nitro benzene ring substituents is 1. The maximum absolute atomic E-state index is 11.8. The second-order valence-electron chi connectivity index (χ2n) is 6.14. The van der Waals surface area contributed by atoms with Crippen molar-refractivity contribution in [2.45, 2.75) is 26.7 Å². The fourth-order valence-corrected chi connectivity index (χ4v) is 3.07. The summed E-state index contributed by atoms with van der Waals surface area (Å²) < 4.78 is 15.3. The first-order valence-corrected chi connectivity index (χ1v) is 8.31. The van der Waals surface area contributed by atoms with Crippen LogP contribution in [0.1, 0.15) is 37.0 Å². The molecule has 0 spiro atoms. The zero-order valence-electron chi connectivity index (χ0n) is 15.7. The lowest BCUT2D eigenvalue weighted by molar-refractivity contribution is -0.384. The van der Waals surface area contributed by atoms with Gasteiger partial charge in [0.25, 0.3) is 11.6 Å². The van der Waals surface area contributed by atoms with Crippen molar-refractivity contribution in [1.29, 1.82) is 0 Å². The van der Waals surface area contributed by atoms with Crippen molar-refractivity contribution >= 4 is 17.4 Å². The van der Waals surface area contributed by atoms with Gasteiger partial charge in [-0.05, 0) is 26.3 Å². The summed E-state index contributed by atoms with van der Waals surface area (Å²) in [6.45, 7) is 5.20. The van der Waals surface area contributed by atoms with Gasteiger partial charge in [0.1, 0.15) is 5.76 Å². The van der Waals surface area contributed by atoms with Gasteiger partial charge in [-0.15, -0.1) is 0 Å². The van der Waals surface area contributed by atoms with Crippen LogP contribution in [0, 0.1) is 17.0 Å². The maximum Gasteiger partial charge on any atom is 0.513 e. The smallest absolute Gasteiger partial charge is 0.437 e. The third-order valence-electron chi connectivity index (χ3n) is 4.23. The molecule has 0 aliphatic carbocycles. The van der Waals surface area contributed by atoms with E-state index in [-0.39, 0.29) is 17.3 Å². The maximum atomic E-state index is 11.8. The molecule has 2 aromatic rings. The molecule has 0 saturated heterocycles. The topological polar surface area (TPSA) is 130 Å². The highest BCUT2D eigenvalue weighted by Gasteiger charge is 2.36. The highest BCUT2D eigenvalue weighted by molar-refractivity contribution is 5.75. The Labute approximate surface area is 160 Å². The number of benzene rings is 1. The van der Waals surface area contributed by atoms with E-state index in [9.17, 15) is 14.9 Å². The molecule has 2 heterocycles. The van der Waals surface area contributed by atoms with E-state index in [2.05, 4.69) is 20.2 Å². The van der Waals surface area contributed by atoms with Gasteiger partial charge in [-0.25, -0.2) is 4.79 Å². The van der Waals surface area contributed by atoms with Crippen molar-refractivity contribution in [3.8, 4) is 0 Å². The normalized spacial score (nSPS) is 16.6. The van der Waals surface area contributed by atoms with Crippen molar-refractivity contribution in [1.82, 2.24) is 15.5 Å². The average Bonchev–Trinajstić information content (AvgIpc) is 3.09. The van der Waals surface area contributed by atoms with Gasteiger partial charge >= 0.3 is 6.16 Å². The lowest BCUT2D eigenvalue weighted by Gasteiger charge is -2.29. The van der Waals surface area contributed by atoms with Gasteiger partial charge < -0.3 is 19.3 Å². The number of hydrogen-bond donors (Lipinski definition) is 1. The minimum Gasteiger partial charge on any atom is -0.437 e. The van der Waals surface area contributed by atoms with Gasteiger partial charge in [0.2, 0.25) is 0 Å². The molecular formula is C18H18N4O6. The summed E-state index contributed by atoms with van der Waals surface area (Å²) >= 11 is 0. The highest BCUT2D eigenvalue weighted by atomic mass is 16.7. The number of nitrogens with one attached hydrogen (secondary N) is 1. The minimum absolute atomic E-state index is 0.0928. The SMILES string of the molecule is COC(=O)OC1=C(C)NC(C)=C(c2nc(C)no2)C1c1cccc([N+](=O)[O-])c1. The number of nitrogens with zero attached hydrogens (tertiary/aromatic N) is 3. The number of carbonyl (C=O) groups excluding carboxylic acids is 1. The van der Waals surface area contributed by atoms with Gasteiger partial charge in [-0.1, -0.05) is 17.3 Å². The molecule has 0 bridgehead atoms. The molecule has 1 unspecified atom stereocenters. The van der Waals surface area contributed by atoms with Crippen LogP contribution in [-0.2, 0) is 9.47 Å².